The standard InChI is InChI=1S/C23H22N4O3S3/c1-15-16(2)32-23-21(15)22(24-14-25-23)31-13-20(28)26-17-8-7-11-19(12-17)33(29,30)27(3)18-9-5-4-6-10-18/h4-12,14H,13H2,1-3H3,(H,26,28). The Kier molecular flexibility index (Phi) is 6.68. The SMILES string of the molecule is Cc1sc2ncnc(SCC(=O)Nc3cccc(S(=O)(=O)N(C)c4ccccc4)c3)c2c1C. The Morgan fingerprint density at radius 2 is 1.85 bits per heavy atom. The number of benzene rings is 2. The fourth-order valence-electron chi connectivity index (χ4n) is 3.26. The molecule has 0 atom stereocenters. The minimum Gasteiger partial charge on any atom is -0.325 e. The van der Waals surface area contributed by atoms with Crippen LogP contribution < -0.4 is 9.62 Å². The molecule has 2 aromatic heterocycles. The molecule has 2 aromatic carbocycles. The second-order valence-electron chi connectivity index (χ2n) is 7.31. The number of thiophene rings is 1. The van der Waals surface area contributed by atoms with Crippen molar-refractivity contribution in [3.8, 4) is 0 Å². The lowest BCUT2D eigenvalue weighted by Crippen LogP contribution is -2.26. The maximum atomic E-state index is 13.0. The molecule has 0 saturated heterocycles. The summed E-state index contributed by atoms with van der Waals surface area (Å²) in [5.41, 5.74) is 2.09. The van der Waals surface area contributed by atoms with Crippen LogP contribution in [0, 0.1) is 13.8 Å². The van der Waals surface area contributed by atoms with Gasteiger partial charge in [0.1, 0.15) is 16.2 Å². The summed E-state index contributed by atoms with van der Waals surface area (Å²) in [4.78, 5) is 23.4. The highest BCUT2D eigenvalue weighted by Gasteiger charge is 2.22. The zero-order valence-electron chi connectivity index (χ0n) is 18.3. The quantitative estimate of drug-likeness (QED) is 0.289. The number of fused-ring (bicyclic) bond motifs is 1. The number of hydrogen-bond donors (Lipinski definition) is 1. The normalized spacial score (nSPS) is 11.5. The number of rotatable bonds is 7. The first-order chi connectivity index (χ1) is 15.8. The molecule has 0 radical (unpaired) electrons. The van der Waals surface area contributed by atoms with Gasteiger partial charge in [-0.3, -0.25) is 9.10 Å². The van der Waals surface area contributed by atoms with Crippen molar-refractivity contribution in [3.05, 3.63) is 71.4 Å². The van der Waals surface area contributed by atoms with Crippen LogP contribution in [0.25, 0.3) is 10.2 Å². The fraction of sp³-hybridized carbons (Fsp3) is 0.174. The zero-order chi connectivity index (χ0) is 23.6. The van der Waals surface area contributed by atoms with Gasteiger partial charge in [0.05, 0.1) is 16.3 Å². The van der Waals surface area contributed by atoms with Crippen molar-refractivity contribution in [1.82, 2.24) is 9.97 Å². The van der Waals surface area contributed by atoms with Gasteiger partial charge >= 0.3 is 0 Å². The molecule has 170 valence electrons. The highest BCUT2D eigenvalue weighted by Crippen LogP contribution is 2.34. The monoisotopic (exact) mass is 498 g/mol. The molecule has 0 saturated carbocycles. The van der Waals surface area contributed by atoms with E-state index in [1.807, 2.05) is 19.9 Å². The topological polar surface area (TPSA) is 92.3 Å². The van der Waals surface area contributed by atoms with Crippen LogP contribution >= 0.6 is 23.1 Å². The lowest BCUT2D eigenvalue weighted by molar-refractivity contribution is -0.113. The van der Waals surface area contributed by atoms with Crippen LogP contribution in [-0.2, 0) is 14.8 Å². The average Bonchev–Trinajstić information content (AvgIpc) is 3.12. The van der Waals surface area contributed by atoms with Crippen molar-refractivity contribution in [2.45, 2.75) is 23.8 Å². The first-order valence-electron chi connectivity index (χ1n) is 10.0. The molecule has 0 aliphatic rings. The molecule has 4 aromatic rings. The van der Waals surface area contributed by atoms with Gasteiger partial charge in [-0.25, -0.2) is 18.4 Å². The molecule has 0 aliphatic carbocycles. The Hall–Kier alpha value is -2.95. The predicted molar refractivity (Wildman–Crippen MR) is 135 cm³/mol. The van der Waals surface area contributed by atoms with E-state index >= 15 is 0 Å². The Bertz CT molecular complexity index is 1420. The third-order valence-electron chi connectivity index (χ3n) is 5.17. The van der Waals surface area contributed by atoms with Gasteiger partial charge in [-0.15, -0.1) is 11.3 Å². The van der Waals surface area contributed by atoms with E-state index in [2.05, 4.69) is 15.3 Å². The highest BCUT2D eigenvalue weighted by atomic mass is 32.2. The molecule has 0 unspecified atom stereocenters. The van der Waals surface area contributed by atoms with Crippen molar-refractivity contribution in [2.24, 2.45) is 0 Å². The third kappa shape index (κ3) is 4.87. The first-order valence-corrected chi connectivity index (χ1v) is 13.3. The van der Waals surface area contributed by atoms with Crippen LogP contribution in [0.3, 0.4) is 0 Å². The Balaban J connectivity index is 1.47. The fourth-order valence-corrected chi connectivity index (χ4v) is 6.42. The minimum atomic E-state index is -3.77. The molecule has 7 nitrogen and oxygen atoms in total. The largest absolute Gasteiger partial charge is 0.325 e. The lowest BCUT2D eigenvalue weighted by Gasteiger charge is -2.19. The van der Waals surface area contributed by atoms with Crippen molar-refractivity contribution in [3.63, 3.8) is 0 Å². The van der Waals surface area contributed by atoms with Crippen LogP contribution in [0.15, 0.2) is 70.8 Å². The lowest BCUT2D eigenvalue weighted by atomic mass is 10.2. The molecule has 2 heterocycles. The van der Waals surface area contributed by atoms with Gasteiger partial charge in [-0.2, -0.15) is 0 Å². The number of nitrogens with one attached hydrogen (secondary N) is 1. The van der Waals surface area contributed by atoms with Gasteiger partial charge in [0.15, 0.2) is 0 Å². The van der Waals surface area contributed by atoms with Crippen molar-refractivity contribution < 1.29 is 13.2 Å². The van der Waals surface area contributed by atoms with Gasteiger partial charge in [0.2, 0.25) is 5.91 Å². The van der Waals surface area contributed by atoms with Crippen LogP contribution in [0.4, 0.5) is 11.4 Å². The maximum Gasteiger partial charge on any atom is 0.264 e. The third-order valence-corrected chi connectivity index (χ3v) is 9.05. The molecule has 0 bridgehead atoms. The van der Waals surface area contributed by atoms with Crippen molar-refractivity contribution in [2.75, 3.05) is 22.4 Å². The number of nitrogens with zero attached hydrogens (tertiary/aromatic N) is 3. The average molecular weight is 499 g/mol. The molecular formula is C23H22N4O3S3. The second-order valence-corrected chi connectivity index (χ2v) is 11.5. The van der Waals surface area contributed by atoms with E-state index in [9.17, 15) is 13.2 Å². The second kappa shape index (κ2) is 9.50. The van der Waals surface area contributed by atoms with Crippen LogP contribution in [0.5, 0.6) is 0 Å². The maximum absolute atomic E-state index is 13.0. The molecule has 1 amide bonds. The predicted octanol–water partition coefficient (Wildman–Crippen LogP) is 4.86. The summed E-state index contributed by atoms with van der Waals surface area (Å²) >= 11 is 2.94. The van der Waals surface area contributed by atoms with Crippen molar-refractivity contribution in [1.29, 1.82) is 0 Å². The van der Waals surface area contributed by atoms with E-state index in [1.165, 1.54) is 46.5 Å². The van der Waals surface area contributed by atoms with Crippen molar-refractivity contribution >= 4 is 60.6 Å². The van der Waals surface area contributed by atoms with E-state index in [4.69, 9.17) is 0 Å². The number of hydrogen-bond acceptors (Lipinski definition) is 7. The summed E-state index contributed by atoms with van der Waals surface area (Å²) in [6, 6.07) is 15.1. The van der Waals surface area contributed by atoms with Crippen LogP contribution in [0.2, 0.25) is 0 Å². The first kappa shape index (κ1) is 23.2. The van der Waals surface area contributed by atoms with Gasteiger partial charge in [0, 0.05) is 23.0 Å². The van der Waals surface area contributed by atoms with Gasteiger partial charge < -0.3 is 5.32 Å². The highest BCUT2D eigenvalue weighted by molar-refractivity contribution is 8.00. The van der Waals surface area contributed by atoms with E-state index in [1.54, 1.807) is 47.7 Å². The summed E-state index contributed by atoms with van der Waals surface area (Å²) in [7, 11) is -2.27. The molecule has 0 fully saturated rings. The molecular weight excluding hydrogens is 476 g/mol. The number of para-hydroxylation sites is 1. The van der Waals surface area contributed by atoms with E-state index < -0.39 is 10.0 Å². The number of amides is 1. The number of aryl methyl sites for hydroxylation is 2. The van der Waals surface area contributed by atoms with E-state index in [0.717, 1.165) is 20.8 Å². The zero-order valence-corrected chi connectivity index (χ0v) is 20.7. The van der Waals surface area contributed by atoms with Gasteiger partial charge in [-0.05, 0) is 49.7 Å². The molecule has 0 aliphatic heterocycles. The summed E-state index contributed by atoms with van der Waals surface area (Å²) in [6.07, 6.45) is 1.51. The molecule has 4 rings (SSSR count). The van der Waals surface area contributed by atoms with Gasteiger partial charge in [0.25, 0.3) is 10.0 Å². The molecule has 10 heteroatoms. The number of sulfonamides is 1. The molecule has 0 spiro atoms. The number of carbonyl (C=O) groups is 1. The van der Waals surface area contributed by atoms with E-state index in [-0.39, 0.29) is 16.6 Å². The molecule has 33 heavy (non-hydrogen) atoms. The summed E-state index contributed by atoms with van der Waals surface area (Å²) in [6.45, 7) is 4.07. The van der Waals surface area contributed by atoms with Crippen LogP contribution in [-0.4, -0.2) is 37.1 Å². The minimum absolute atomic E-state index is 0.0983. The number of carbonyl (C=O) groups excluding carboxylic acids is 1. The molecule has 1 N–H and O–H groups in total. The number of aromatic nitrogens is 2. The summed E-state index contributed by atoms with van der Waals surface area (Å²) in [5.74, 6) is -0.108. The van der Waals surface area contributed by atoms with Gasteiger partial charge in [-0.1, -0.05) is 36.0 Å². The Labute approximate surface area is 200 Å². The Morgan fingerprint density at radius 1 is 1.09 bits per heavy atom. The Morgan fingerprint density at radius 3 is 2.61 bits per heavy atom. The number of anilines is 2. The summed E-state index contributed by atoms with van der Waals surface area (Å²) < 4.78 is 27.3. The van der Waals surface area contributed by atoms with Crippen LogP contribution in [0.1, 0.15) is 10.4 Å². The van der Waals surface area contributed by atoms with E-state index in [0.29, 0.717) is 11.4 Å². The number of thioether (sulfide) groups is 1. The smallest absolute Gasteiger partial charge is 0.264 e. The summed E-state index contributed by atoms with van der Waals surface area (Å²) in [5, 5.41) is 4.53.